The summed E-state index contributed by atoms with van der Waals surface area (Å²) in [6.45, 7) is 0.148. The summed E-state index contributed by atoms with van der Waals surface area (Å²) < 4.78 is 36.2. The van der Waals surface area contributed by atoms with E-state index in [4.69, 9.17) is 10.9 Å². The molecule has 4 N–H and O–H groups in total. The van der Waals surface area contributed by atoms with Gasteiger partial charge in [0.25, 0.3) is 0 Å². The van der Waals surface area contributed by atoms with Gasteiger partial charge in [-0.05, 0) is 12.1 Å². The zero-order valence-corrected chi connectivity index (χ0v) is 12.7. The lowest BCUT2D eigenvalue weighted by Gasteiger charge is -2.19. The van der Waals surface area contributed by atoms with Gasteiger partial charge in [0, 0.05) is 23.4 Å². The third-order valence-corrected chi connectivity index (χ3v) is 4.43. The molecule has 1 atom stereocenters. The number of halogens is 2. The molecule has 1 fully saturated rings. The smallest absolute Gasteiger partial charge is 0.227 e. The number of amides is 1. The van der Waals surface area contributed by atoms with E-state index in [0.717, 1.165) is 0 Å². The van der Waals surface area contributed by atoms with Crippen molar-refractivity contribution in [2.24, 2.45) is 11.1 Å². The maximum Gasteiger partial charge on any atom is 0.227 e. The van der Waals surface area contributed by atoms with Gasteiger partial charge in [-0.15, -0.1) is 0 Å². The molecule has 1 aromatic carbocycles. The van der Waals surface area contributed by atoms with Crippen LogP contribution in [0, 0.1) is 11.7 Å². The molecular formula is C11H13BrFN3O3S. The number of sulfonamides is 1. The molecule has 110 valence electrons. The minimum absolute atomic E-state index is 0.0456. The summed E-state index contributed by atoms with van der Waals surface area (Å²) in [4.78, 5) is 13.2. The van der Waals surface area contributed by atoms with Crippen LogP contribution in [0.15, 0.2) is 16.6 Å². The highest BCUT2D eigenvalue weighted by Gasteiger charge is 2.34. The molecular weight excluding hydrogens is 353 g/mol. The lowest BCUT2D eigenvalue weighted by molar-refractivity contribution is -0.117. The molecule has 6 nitrogen and oxygen atoms in total. The number of anilines is 2. The molecule has 1 heterocycles. The molecule has 0 aromatic heterocycles. The van der Waals surface area contributed by atoms with Crippen LogP contribution in [0.4, 0.5) is 15.8 Å². The first kappa shape index (κ1) is 15.2. The van der Waals surface area contributed by atoms with Crippen LogP contribution < -0.4 is 15.8 Å². The van der Waals surface area contributed by atoms with E-state index in [0.29, 0.717) is 4.47 Å². The summed E-state index contributed by atoms with van der Waals surface area (Å²) in [6.07, 6.45) is 0.0456. The van der Waals surface area contributed by atoms with E-state index in [-0.39, 0.29) is 36.0 Å². The normalized spacial score (nSPS) is 19.6. The maximum absolute atomic E-state index is 13.6. The number of hydrogen-bond donors (Lipinski definition) is 2. The molecule has 0 spiro atoms. The molecule has 1 unspecified atom stereocenters. The van der Waals surface area contributed by atoms with E-state index in [1.165, 1.54) is 17.0 Å². The van der Waals surface area contributed by atoms with Crippen LogP contribution in [0.25, 0.3) is 0 Å². The molecule has 1 aromatic rings. The molecule has 2 rings (SSSR count). The third kappa shape index (κ3) is 3.28. The lowest BCUT2D eigenvalue weighted by Crippen LogP contribution is -2.28. The predicted octanol–water partition coefficient (Wildman–Crippen LogP) is 0.812. The van der Waals surface area contributed by atoms with Gasteiger partial charge >= 0.3 is 0 Å². The Kier molecular flexibility index (Phi) is 4.03. The highest BCUT2D eigenvalue weighted by Crippen LogP contribution is 2.34. The van der Waals surface area contributed by atoms with Crippen molar-refractivity contribution in [3.8, 4) is 0 Å². The van der Waals surface area contributed by atoms with Crippen LogP contribution in [-0.2, 0) is 14.8 Å². The molecule has 1 aliphatic heterocycles. The fourth-order valence-electron chi connectivity index (χ4n) is 2.25. The average Bonchev–Trinajstić information content (AvgIpc) is 2.62. The molecule has 0 radical (unpaired) electrons. The molecule has 9 heteroatoms. The van der Waals surface area contributed by atoms with Crippen molar-refractivity contribution in [2.75, 3.05) is 22.9 Å². The highest BCUT2D eigenvalue weighted by atomic mass is 79.9. The first-order valence-corrected chi connectivity index (χ1v) is 8.23. The highest BCUT2D eigenvalue weighted by molar-refractivity contribution is 9.10. The third-order valence-electron chi connectivity index (χ3n) is 3.04. The zero-order chi connectivity index (χ0) is 15.1. The number of rotatable bonds is 3. The summed E-state index contributed by atoms with van der Waals surface area (Å²) in [6, 6.07) is 2.72. The van der Waals surface area contributed by atoms with Gasteiger partial charge in [0.15, 0.2) is 0 Å². The predicted molar refractivity (Wildman–Crippen MR) is 76.9 cm³/mol. The van der Waals surface area contributed by atoms with Gasteiger partial charge in [0.05, 0.1) is 17.1 Å². The van der Waals surface area contributed by atoms with Crippen LogP contribution in [-0.4, -0.2) is 26.6 Å². The monoisotopic (exact) mass is 365 g/mol. The van der Waals surface area contributed by atoms with Crippen molar-refractivity contribution in [3.63, 3.8) is 0 Å². The van der Waals surface area contributed by atoms with Gasteiger partial charge in [-0.25, -0.2) is 17.9 Å². The average molecular weight is 366 g/mol. The minimum Gasteiger partial charge on any atom is -0.395 e. The lowest BCUT2D eigenvalue weighted by atomic mass is 10.1. The van der Waals surface area contributed by atoms with Gasteiger partial charge in [-0.1, -0.05) is 15.9 Å². The maximum atomic E-state index is 13.6. The van der Waals surface area contributed by atoms with Crippen LogP contribution >= 0.6 is 15.9 Å². The van der Waals surface area contributed by atoms with E-state index >= 15 is 0 Å². The summed E-state index contributed by atoms with van der Waals surface area (Å²) in [5, 5.41) is 4.97. The Hall–Kier alpha value is -1.19. The van der Waals surface area contributed by atoms with E-state index in [2.05, 4.69) is 15.9 Å². The van der Waals surface area contributed by atoms with Crippen LogP contribution in [0.1, 0.15) is 6.42 Å². The molecule has 1 amide bonds. The van der Waals surface area contributed by atoms with E-state index in [9.17, 15) is 17.6 Å². The Balaban J connectivity index is 2.29. The topological polar surface area (TPSA) is 106 Å². The summed E-state index contributed by atoms with van der Waals surface area (Å²) in [5.41, 5.74) is 5.73. The van der Waals surface area contributed by atoms with Crippen molar-refractivity contribution in [3.05, 3.63) is 22.4 Å². The number of hydrogen-bond acceptors (Lipinski definition) is 4. The first-order valence-electron chi connectivity index (χ1n) is 5.72. The second-order valence-corrected chi connectivity index (χ2v) is 7.30. The first-order chi connectivity index (χ1) is 9.17. The Labute approximate surface area is 124 Å². The summed E-state index contributed by atoms with van der Waals surface area (Å²) in [7, 11) is -3.66. The van der Waals surface area contributed by atoms with Crippen LogP contribution in [0.2, 0.25) is 0 Å². The second-order valence-electron chi connectivity index (χ2n) is 4.72. The molecule has 0 saturated carbocycles. The molecule has 0 bridgehead atoms. The molecule has 0 aliphatic carbocycles. The largest absolute Gasteiger partial charge is 0.395 e. The van der Waals surface area contributed by atoms with Crippen molar-refractivity contribution >= 4 is 43.2 Å². The number of primary sulfonamides is 1. The standard InChI is InChI=1S/C11H13BrFN3O3S/c12-7-2-8(13)11(14)9(3-7)16-4-6(1-10(16)17)5-20(15,18)19/h2-3,6H,1,4-5,14H2,(H2,15,18,19). The zero-order valence-electron chi connectivity index (χ0n) is 10.3. The van der Waals surface area contributed by atoms with Gasteiger partial charge in [-0.2, -0.15) is 0 Å². The van der Waals surface area contributed by atoms with Crippen LogP contribution in [0.3, 0.4) is 0 Å². The second kappa shape index (κ2) is 5.30. The van der Waals surface area contributed by atoms with Crippen molar-refractivity contribution in [2.45, 2.75) is 6.42 Å². The van der Waals surface area contributed by atoms with Gasteiger partial charge in [-0.3, -0.25) is 4.79 Å². The fourth-order valence-corrected chi connectivity index (χ4v) is 3.55. The van der Waals surface area contributed by atoms with Crippen molar-refractivity contribution in [1.82, 2.24) is 0 Å². The van der Waals surface area contributed by atoms with Crippen molar-refractivity contribution < 1.29 is 17.6 Å². The van der Waals surface area contributed by atoms with E-state index < -0.39 is 21.8 Å². The van der Waals surface area contributed by atoms with Crippen LogP contribution in [0.5, 0.6) is 0 Å². The Morgan fingerprint density at radius 2 is 2.10 bits per heavy atom. The van der Waals surface area contributed by atoms with E-state index in [1.807, 2.05) is 0 Å². The number of nitrogens with two attached hydrogens (primary N) is 2. The van der Waals surface area contributed by atoms with Gasteiger partial charge in [0.1, 0.15) is 5.82 Å². The van der Waals surface area contributed by atoms with E-state index in [1.54, 1.807) is 0 Å². The fraction of sp³-hybridized carbons (Fsp3) is 0.364. The molecule has 1 saturated heterocycles. The number of carbonyl (C=O) groups excluding carboxylic acids is 1. The summed E-state index contributed by atoms with van der Waals surface area (Å²) >= 11 is 3.13. The summed E-state index contributed by atoms with van der Waals surface area (Å²) in [5.74, 6) is -1.65. The minimum atomic E-state index is -3.66. The number of nitrogen functional groups attached to an aromatic ring is 1. The molecule has 20 heavy (non-hydrogen) atoms. The van der Waals surface area contributed by atoms with Gasteiger partial charge < -0.3 is 10.6 Å². The number of benzene rings is 1. The molecule has 1 aliphatic rings. The Bertz CT molecular complexity index is 665. The number of carbonyl (C=O) groups is 1. The number of nitrogens with zero attached hydrogens (tertiary/aromatic N) is 1. The Morgan fingerprint density at radius 1 is 1.45 bits per heavy atom. The van der Waals surface area contributed by atoms with Crippen molar-refractivity contribution in [1.29, 1.82) is 0 Å². The SMILES string of the molecule is Nc1c(F)cc(Br)cc1N1CC(CS(N)(=O)=O)CC1=O. The quantitative estimate of drug-likeness (QED) is 0.772. The van der Waals surface area contributed by atoms with Gasteiger partial charge in [0.2, 0.25) is 15.9 Å². The Morgan fingerprint density at radius 3 is 2.70 bits per heavy atom.